The number of carbonyl (C=O) groups excluding carboxylic acids is 1. The summed E-state index contributed by atoms with van der Waals surface area (Å²) in [4.78, 5) is 11.7. The van der Waals surface area contributed by atoms with Gasteiger partial charge in [0.05, 0.1) is 0 Å². The maximum atomic E-state index is 11.7. The predicted molar refractivity (Wildman–Crippen MR) is 67.0 cm³/mol. The Morgan fingerprint density at radius 1 is 1.13 bits per heavy atom. The van der Waals surface area contributed by atoms with Crippen molar-refractivity contribution in [2.24, 2.45) is 11.8 Å². The molecule has 0 rings (SSSR count). The SMILES string of the molecule is CCCCC(CC)CC(=O)CCC(C)C. The van der Waals surface area contributed by atoms with Crippen molar-refractivity contribution in [1.29, 1.82) is 0 Å². The number of Topliss-reactive ketones (excluding diaryl/α,β-unsaturated/α-hetero) is 1. The van der Waals surface area contributed by atoms with E-state index in [-0.39, 0.29) is 0 Å². The lowest BCUT2D eigenvalue weighted by atomic mass is 9.91. The van der Waals surface area contributed by atoms with Gasteiger partial charge in [0.15, 0.2) is 0 Å². The molecule has 0 saturated carbocycles. The van der Waals surface area contributed by atoms with Crippen molar-refractivity contribution in [2.45, 2.75) is 72.6 Å². The van der Waals surface area contributed by atoms with Gasteiger partial charge in [-0.25, -0.2) is 0 Å². The molecule has 0 spiro atoms. The first-order chi connectivity index (χ1) is 7.10. The van der Waals surface area contributed by atoms with Crippen molar-refractivity contribution in [2.75, 3.05) is 0 Å². The molecule has 0 saturated heterocycles. The molecule has 0 N–H and O–H groups in total. The number of carbonyl (C=O) groups is 1. The van der Waals surface area contributed by atoms with Gasteiger partial charge in [-0.3, -0.25) is 4.79 Å². The minimum absolute atomic E-state index is 0.478. The monoisotopic (exact) mass is 212 g/mol. The molecule has 0 aromatic carbocycles. The Hall–Kier alpha value is -0.330. The lowest BCUT2D eigenvalue weighted by Crippen LogP contribution is -2.08. The van der Waals surface area contributed by atoms with E-state index in [1.165, 1.54) is 19.3 Å². The summed E-state index contributed by atoms with van der Waals surface area (Å²) in [5.74, 6) is 1.78. The van der Waals surface area contributed by atoms with Crippen LogP contribution in [0, 0.1) is 11.8 Å². The molecule has 0 aromatic rings. The predicted octanol–water partition coefficient (Wildman–Crippen LogP) is 4.60. The molecule has 0 heterocycles. The second-order valence-electron chi connectivity index (χ2n) is 5.09. The molecule has 0 aliphatic carbocycles. The molecule has 0 radical (unpaired) electrons. The molecule has 1 nitrogen and oxygen atoms in total. The highest BCUT2D eigenvalue weighted by Gasteiger charge is 2.11. The number of hydrogen-bond acceptors (Lipinski definition) is 1. The lowest BCUT2D eigenvalue weighted by Gasteiger charge is -2.13. The molecule has 0 fully saturated rings. The van der Waals surface area contributed by atoms with Crippen molar-refractivity contribution in [3.63, 3.8) is 0 Å². The first kappa shape index (κ1) is 14.7. The maximum Gasteiger partial charge on any atom is 0.133 e. The molecule has 15 heavy (non-hydrogen) atoms. The highest BCUT2D eigenvalue weighted by molar-refractivity contribution is 5.78. The average molecular weight is 212 g/mol. The Labute approximate surface area is 95.6 Å². The normalized spacial score (nSPS) is 13.1. The van der Waals surface area contributed by atoms with Crippen LogP contribution in [-0.4, -0.2) is 5.78 Å². The minimum atomic E-state index is 0.478. The van der Waals surface area contributed by atoms with Gasteiger partial charge >= 0.3 is 0 Å². The van der Waals surface area contributed by atoms with Crippen molar-refractivity contribution >= 4 is 5.78 Å². The van der Waals surface area contributed by atoms with Crippen LogP contribution in [0.1, 0.15) is 72.6 Å². The number of ketones is 1. The van der Waals surface area contributed by atoms with Crippen molar-refractivity contribution < 1.29 is 4.79 Å². The van der Waals surface area contributed by atoms with E-state index >= 15 is 0 Å². The van der Waals surface area contributed by atoms with Crippen LogP contribution in [0.15, 0.2) is 0 Å². The molecule has 0 aliphatic rings. The summed E-state index contributed by atoms with van der Waals surface area (Å²) in [5, 5.41) is 0. The molecule has 0 amide bonds. The molecule has 1 unspecified atom stereocenters. The minimum Gasteiger partial charge on any atom is -0.300 e. The van der Waals surface area contributed by atoms with E-state index < -0.39 is 0 Å². The quantitative estimate of drug-likeness (QED) is 0.546. The van der Waals surface area contributed by atoms with Gasteiger partial charge in [-0.1, -0.05) is 53.4 Å². The van der Waals surface area contributed by atoms with Crippen LogP contribution in [0.5, 0.6) is 0 Å². The molecule has 1 atom stereocenters. The topological polar surface area (TPSA) is 17.1 Å². The van der Waals surface area contributed by atoms with Gasteiger partial charge < -0.3 is 0 Å². The van der Waals surface area contributed by atoms with Crippen molar-refractivity contribution in [3.8, 4) is 0 Å². The van der Waals surface area contributed by atoms with Crippen LogP contribution < -0.4 is 0 Å². The molecule has 0 aliphatic heterocycles. The Morgan fingerprint density at radius 3 is 2.27 bits per heavy atom. The number of unbranched alkanes of at least 4 members (excludes halogenated alkanes) is 1. The highest BCUT2D eigenvalue weighted by atomic mass is 16.1. The van der Waals surface area contributed by atoms with Gasteiger partial charge in [-0.05, 0) is 18.3 Å². The van der Waals surface area contributed by atoms with Crippen LogP contribution >= 0.6 is 0 Å². The summed E-state index contributed by atoms with van der Waals surface area (Å²) in [6, 6.07) is 0. The third-order valence-electron chi connectivity index (χ3n) is 3.06. The Kier molecular flexibility index (Phi) is 8.74. The molecule has 0 aromatic heterocycles. The number of hydrogen-bond donors (Lipinski definition) is 0. The fourth-order valence-corrected chi connectivity index (χ4v) is 1.82. The zero-order valence-electron chi connectivity index (χ0n) is 11.0. The number of rotatable bonds is 9. The molecule has 90 valence electrons. The van der Waals surface area contributed by atoms with Gasteiger partial charge in [0.2, 0.25) is 0 Å². The van der Waals surface area contributed by atoms with Crippen LogP contribution in [0.2, 0.25) is 0 Å². The summed E-state index contributed by atoms with van der Waals surface area (Å²) < 4.78 is 0. The van der Waals surface area contributed by atoms with Gasteiger partial charge in [0.25, 0.3) is 0 Å². The molecular formula is C14H28O. The van der Waals surface area contributed by atoms with Gasteiger partial charge in [0, 0.05) is 12.8 Å². The Balaban J connectivity index is 3.70. The van der Waals surface area contributed by atoms with Crippen molar-refractivity contribution in [3.05, 3.63) is 0 Å². The standard InChI is InChI=1S/C14H28O/c1-5-7-8-13(6-2)11-14(15)10-9-12(3)4/h12-13H,5-11H2,1-4H3. The lowest BCUT2D eigenvalue weighted by molar-refractivity contribution is -0.120. The van der Waals surface area contributed by atoms with E-state index in [0.29, 0.717) is 17.6 Å². The van der Waals surface area contributed by atoms with Crippen molar-refractivity contribution in [1.82, 2.24) is 0 Å². The second kappa shape index (κ2) is 8.94. The van der Waals surface area contributed by atoms with Crippen LogP contribution in [0.4, 0.5) is 0 Å². The summed E-state index contributed by atoms with van der Waals surface area (Å²) in [6.45, 7) is 8.78. The zero-order valence-corrected chi connectivity index (χ0v) is 11.0. The van der Waals surface area contributed by atoms with E-state index in [9.17, 15) is 4.79 Å². The molecular weight excluding hydrogens is 184 g/mol. The van der Waals surface area contributed by atoms with E-state index in [2.05, 4.69) is 27.7 Å². The van der Waals surface area contributed by atoms with Gasteiger partial charge in [0.1, 0.15) is 5.78 Å². The van der Waals surface area contributed by atoms with E-state index in [1.807, 2.05) is 0 Å². The summed E-state index contributed by atoms with van der Waals surface area (Å²) in [5.41, 5.74) is 0. The third kappa shape index (κ3) is 8.65. The molecule has 1 heteroatoms. The first-order valence-corrected chi connectivity index (χ1v) is 6.61. The van der Waals surface area contributed by atoms with Crippen LogP contribution in [-0.2, 0) is 4.79 Å². The zero-order chi connectivity index (χ0) is 11.7. The Morgan fingerprint density at radius 2 is 1.80 bits per heavy atom. The third-order valence-corrected chi connectivity index (χ3v) is 3.06. The average Bonchev–Trinajstić information content (AvgIpc) is 2.21. The van der Waals surface area contributed by atoms with Crippen LogP contribution in [0.3, 0.4) is 0 Å². The smallest absolute Gasteiger partial charge is 0.133 e. The maximum absolute atomic E-state index is 11.7. The van der Waals surface area contributed by atoms with Crippen LogP contribution in [0.25, 0.3) is 0 Å². The molecule has 0 bridgehead atoms. The van der Waals surface area contributed by atoms with Gasteiger partial charge in [-0.15, -0.1) is 0 Å². The van der Waals surface area contributed by atoms with E-state index in [0.717, 1.165) is 25.7 Å². The largest absolute Gasteiger partial charge is 0.300 e. The highest BCUT2D eigenvalue weighted by Crippen LogP contribution is 2.18. The van der Waals surface area contributed by atoms with E-state index in [1.54, 1.807) is 0 Å². The fourth-order valence-electron chi connectivity index (χ4n) is 1.82. The van der Waals surface area contributed by atoms with E-state index in [4.69, 9.17) is 0 Å². The van der Waals surface area contributed by atoms with Gasteiger partial charge in [-0.2, -0.15) is 0 Å². The first-order valence-electron chi connectivity index (χ1n) is 6.61. The summed E-state index contributed by atoms with van der Waals surface area (Å²) in [6.07, 6.45) is 7.59. The summed E-state index contributed by atoms with van der Waals surface area (Å²) in [7, 11) is 0. The second-order valence-corrected chi connectivity index (χ2v) is 5.09. The Bertz CT molecular complexity index is 161. The fraction of sp³-hybridized carbons (Fsp3) is 0.929. The summed E-state index contributed by atoms with van der Waals surface area (Å²) >= 11 is 0.